The quantitative estimate of drug-likeness (QED) is 0.613. The molecule has 0 aliphatic carbocycles. The third-order valence-corrected chi connectivity index (χ3v) is 8.46. The molecule has 1 fully saturated rings. The van der Waals surface area contributed by atoms with E-state index in [9.17, 15) is 18.0 Å². The normalized spacial score (nSPS) is 18.7. The van der Waals surface area contributed by atoms with Crippen LogP contribution in [-0.2, 0) is 24.2 Å². The number of nitrogens with zero attached hydrogens (tertiary/aromatic N) is 2. The number of esters is 1. The molecule has 0 bridgehead atoms. The minimum Gasteiger partial charge on any atom is -0.456 e. The first-order valence-electron chi connectivity index (χ1n) is 10.1. The Kier molecular flexibility index (Phi) is 6.24. The fraction of sp³-hybridized carbons (Fsp3) is 0.364. The van der Waals surface area contributed by atoms with Crippen LogP contribution in [-0.4, -0.2) is 62.9 Å². The van der Waals surface area contributed by atoms with Crippen molar-refractivity contribution in [2.75, 3.05) is 36.6 Å². The summed E-state index contributed by atoms with van der Waals surface area (Å²) in [6.45, 7) is 0.0488. The number of carbonyl (C=O) groups is 2. The zero-order valence-corrected chi connectivity index (χ0v) is 18.8. The highest BCUT2D eigenvalue weighted by molar-refractivity contribution is 7.99. The van der Waals surface area contributed by atoms with Crippen molar-refractivity contribution >= 4 is 44.9 Å². The number of likely N-dealkylation sites (N-methyl/N-ethyl adjacent to an activating group) is 1. The van der Waals surface area contributed by atoms with Crippen molar-refractivity contribution in [3.8, 4) is 0 Å². The molecule has 0 saturated carbocycles. The van der Waals surface area contributed by atoms with Gasteiger partial charge >= 0.3 is 5.97 Å². The average molecular weight is 461 g/mol. The molecular formula is C22H24N2O5S2. The van der Waals surface area contributed by atoms with E-state index in [4.69, 9.17) is 4.74 Å². The summed E-state index contributed by atoms with van der Waals surface area (Å²) in [6, 6.07) is 15.7. The van der Waals surface area contributed by atoms with Gasteiger partial charge < -0.3 is 14.5 Å². The van der Waals surface area contributed by atoms with Crippen LogP contribution in [0.25, 0.3) is 0 Å². The number of para-hydroxylation sites is 2. The van der Waals surface area contributed by atoms with Gasteiger partial charge in [0, 0.05) is 29.4 Å². The minimum absolute atomic E-state index is 0.0328. The summed E-state index contributed by atoms with van der Waals surface area (Å²) in [5.74, 6) is -0.796. The van der Waals surface area contributed by atoms with Crippen LogP contribution in [0.5, 0.6) is 0 Å². The highest BCUT2D eigenvalue weighted by Gasteiger charge is 2.33. The molecule has 2 aromatic carbocycles. The highest BCUT2D eigenvalue weighted by atomic mass is 32.2. The van der Waals surface area contributed by atoms with Crippen LogP contribution in [0, 0.1) is 0 Å². The number of anilines is 2. The molecule has 0 radical (unpaired) electrons. The molecule has 9 heteroatoms. The molecule has 2 aliphatic heterocycles. The number of sulfone groups is 1. The summed E-state index contributed by atoms with van der Waals surface area (Å²) in [5, 5.41) is 0. The van der Waals surface area contributed by atoms with Gasteiger partial charge in [0.2, 0.25) is 0 Å². The van der Waals surface area contributed by atoms with E-state index in [0.717, 1.165) is 21.2 Å². The largest absolute Gasteiger partial charge is 0.456 e. The number of hydrogen-bond acceptors (Lipinski definition) is 7. The van der Waals surface area contributed by atoms with E-state index in [2.05, 4.69) is 17.0 Å². The van der Waals surface area contributed by atoms with Gasteiger partial charge in [-0.1, -0.05) is 36.0 Å². The topological polar surface area (TPSA) is 84.0 Å². The van der Waals surface area contributed by atoms with Crippen molar-refractivity contribution < 1.29 is 22.7 Å². The van der Waals surface area contributed by atoms with Crippen LogP contribution in [0.4, 0.5) is 11.4 Å². The SMILES string of the molecule is CN(C(=O)COC(=O)CCN1c2ccccc2Sc2ccccc21)C1CCS(=O)(=O)C1. The first-order valence-corrected chi connectivity index (χ1v) is 12.7. The lowest BCUT2D eigenvalue weighted by Gasteiger charge is -2.32. The number of fused-ring (bicyclic) bond motifs is 2. The second-order valence-corrected chi connectivity index (χ2v) is 11.0. The molecular weight excluding hydrogens is 436 g/mol. The first kappa shape index (κ1) is 21.7. The van der Waals surface area contributed by atoms with Crippen molar-refractivity contribution in [2.45, 2.75) is 28.7 Å². The smallest absolute Gasteiger partial charge is 0.308 e. The van der Waals surface area contributed by atoms with Gasteiger partial charge in [0.05, 0.1) is 29.3 Å². The zero-order valence-electron chi connectivity index (χ0n) is 17.2. The molecule has 1 saturated heterocycles. The molecule has 164 valence electrons. The molecule has 1 unspecified atom stereocenters. The first-order chi connectivity index (χ1) is 14.8. The molecule has 2 aromatic rings. The summed E-state index contributed by atoms with van der Waals surface area (Å²) >= 11 is 1.70. The molecule has 0 N–H and O–H groups in total. The maximum Gasteiger partial charge on any atom is 0.308 e. The molecule has 2 aliphatic rings. The standard InChI is InChI=1S/C22H24N2O5S2/c1-23(16-11-13-31(27,28)15-16)21(25)14-29-22(26)10-12-24-17-6-2-4-8-19(17)30-20-9-5-3-7-18(20)24/h2-9,16H,10-15H2,1H3. The van der Waals surface area contributed by atoms with Crippen molar-refractivity contribution in [3.63, 3.8) is 0 Å². The van der Waals surface area contributed by atoms with Gasteiger partial charge in [-0.15, -0.1) is 0 Å². The lowest BCUT2D eigenvalue weighted by Crippen LogP contribution is -2.40. The van der Waals surface area contributed by atoms with Crippen LogP contribution in [0.1, 0.15) is 12.8 Å². The molecule has 0 aromatic heterocycles. The third-order valence-electron chi connectivity index (χ3n) is 5.58. The lowest BCUT2D eigenvalue weighted by atomic mass is 10.2. The second-order valence-electron chi connectivity index (χ2n) is 7.66. The Hall–Kier alpha value is -2.52. The summed E-state index contributed by atoms with van der Waals surface area (Å²) in [7, 11) is -1.53. The minimum atomic E-state index is -3.08. The van der Waals surface area contributed by atoms with E-state index in [1.165, 1.54) is 4.90 Å². The summed E-state index contributed by atoms with van der Waals surface area (Å²) in [6.07, 6.45) is 0.548. The van der Waals surface area contributed by atoms with Gasteiger partial charge in [0.1, 0.15) is 0 Å². The lowest BCUT2D eigenvalue weighted by molar-refractivity contribution is -0.152. The Labute approximate surface area is 186 Å². The maximum atomic E-state index is 12.3. The van der Waals surface area contributed by atoms with E-state index >= 15 is 0 Å². The predicted molar refractivity (Wildman–Crippen MR) is 119 cm³/mol. The van der Waals surface area contributed by atoms with Gasteiger partial charge in [0.25, 0.3) is 5.91 Å². The fourth-order valence-corrected chi connectivity index (χ4v) is 6.70. The maximum absolute atomic E-state index is 12.3. The second kappa shape index (κ2) is 8.92. The Bertz CT molecular complexity index is 1060. The summed E-state index contributed by atoms with van der Waals surface area (Å²) in [5.41, 5.74) is 2.08. The van der Waals surface area contributed by atoms with Gasteiger partial charge in [-0.2, -0.15) is 0 Å². The Morgan fingerprint density at radius 1 is 1.10 bits per heavy atom. The highest BCUT2D eigenvalue weighted by Crippen LogP contribution is 2.47. The number of ether oxygens (including phenoxy) is 1. The zero-order chi connectivity index (χ0) is 22.0. The molecule has 7 nitrogen and oxygen atoms in total. The molecule has 1 atom stereocenters. The number of amides is 1. The van der Waals surface area contributed by atoms with E-state index in [1.807, 2.05) is 36.4 Å². The van der Waals surface area contributed by atoms with Crippen LogP contribution >= 0.6 is 11.8 Å². The predicted octanol–water partition coefficient (Wildman–Crippen LogP) is 2.87. The van der Waals surface area contributed by atoms with E-state index in [1.54, 1.807) is 18.8 Å². The Balaban J connectivity index is 1.34. The number of carbonyl (C=O) groups excluding carboxylic acids is 2. The number of benzene rings is 2. The average Bonchev–Trinajstić information content (AvgIpc) is 3.13. The molecule has 4 rings (SSSR count). The molecule has 31 heavy (non-hydrogen) atoms. The van der Waals surface area contributed by atoms with Crippen molar-refractivity contribution in [2.24, 2.45) is 0 Å². The Morgan fingerprint density at radius 2 is 1.71 bits per heavy atom. The van der Waals surface area contributed by atoms with Crippen LogP contribution in [0.3, 0.4) is 0 Å². The van der Waals surface area contributed by atoms with Crippen LogP contribution in [0.15, 0.2) is 58.3 Å². The van der Waals surface area contributed by atoms with E-state index in [0.29, 0.717) is 13.0 Å². The Morgan fingerprint density at radius 3 is 2.29 bits per heavy atom. The van der Waals surface area contributed by atoms with Crippen LogP contribution < -0.4 is 4.90 Å². The van der Waals surface area contributed by atoms with Crippen molar-refractivity contribution in [3.05, 3.63) is 48.5 Å². The number of hydrogen-bond donors (Lipinski definition) is 0. The summed E-state index contributed by atoms with van der Waals surface area (Å²) < 4.78 is 28.4. The fourth-order valence-electron chi connectivity index (χ4n) is 3.83. The number of rotatable bonds is 6. The molecule has 1 amide bonds. The van der Waals surface area contributed by atoms with E-state index in [-0.39, 0.29) is 36.5 Å². The van der Waals surface area contributed by atoms with Gasteiger partial charge in [-0.25, -0.2) is 8.42 Å². The molecule has 2 heterocycles. The van der Waals surface area contributed by atoms with Crippen LogP contribution in [0.2, 0.25) is 0 Å². The summed E-state index contributed by atoms with van der Waals surface area (Å²) in [4.78, 5) is 30.4. The van der Waals surface area contributed by atoms with Crippen molar-refractivity contribution in [1.82, 2.24) is 4.90 Å². The van der Waals surface area contributed by atoms with E-state index < -0.39 is 15.8 Å². The van der Waals surface area contributed by atoms with Gasteiger partial charge in [-0.05, 0) is 30.7 Å². The third kappa shape index (κ3) is 4.88. The van der Waals surface area contributed by atoms with Crippen molar-refractivity contribution in [1.29, 1.82) is 0 Å². The molecule has 0 spiro atoms. The van der Waals surface area contributed by atoms with Gasteiger partial charge in [0.15, 0.2) is 16.4 Å². The monoisotopic (exact) mass is 460 g/mol. The van der Waals surface area contributed by atoms with Gasteiger partial charge in [-0.3, -0.25) is 9.59 Å².